The molecule has 64 valence electrons. The minimum absolute atomic E-state index is 0.209. The lowest BCUT2D eigenvalue weighted by atomic mass is 10.1. The molecule has 0 saturated carbocycles. The molecule has 1 amide bonds. The Bertz CT molecular complexity index is 288. The minimum atomic E-state index is -0.563. The van der Waals surface area contributed by atoms with Gasteiger partial charge >= 0.3 is 0 Å². The van der Waals surface area contributed by atoms with Gasteiger partial charge in [0.2, 0.25) is 0 Å². The van der Waals surface area contributed by atoms with Gasteiger partial charge in [-0.1, -0.05) is 0 Å². The van der Waals surface area contributed by atoms with Gasteiger partial charge in [-0.3, -0.25) is 14.2 Å². The van der Waals surface area contributed by atoms with Crippen molar-refractivity contribution in [1.29, 1.82) is 0 Å². The second-order valence-electron chi connectivity index (χ2n) is 2.34. The van der Waals surface area contributed by atoms with E-state index in [0.29, 0.717) is 11.1 Å². The summed E-state index contributed by atoms with van der Waals surface area (Å²) in [5.74, 6) is -0.563. The van der Waals surface area contributed by atoms with Gasteiger partial charge in [0, 0.05) is 18.8 Å². The van der Waals surface area contributed by atoms with Crippen molar-refractivity contribution in [3.63, 3.8) is 0 Å². The molecule has 0 fully saturated rings. The molecule has 0 unspecified atom stereocenters. The number of hydrogen-bond donors (Lipinski definition) is 1. The van der Waals surface area contributed by atoms with Crippen LogP contribution in [0.2, 0.25) is 0 Å². The molecule has 0 aliphatic heterocycles. The van der Waals surface area contributed by atoms with Gasteiger partial charge < -0.3 is 5.73 Å². The van der Waals surface area contributed by atoms with E-state index in [-0.39, 0.29) is 6.42 Å². The van der Waals surface area contributed by atoms with Crippen molar-refractivity contribution >= 4 is 5.91 Å². The number of carbonyl (C=O) groups excluding carboxylic acids is 1. The van der Waals surface area contributed by atoms with Crippen molar-refractivity contribution in [3.8, 4) is 0 Å². The van der Waals surface area contributed by atoms with Crippen LogP contribution in [-0.2, 0) is 6.42 Å². The molecule has 2 N–H and O–H groups in total. The normalized spacial score (nSPS) is 9.75. The SMILES string of the molecule is NC(=O)c1cnccc1CCF. The average Bonchev–Trinajstić information content (AvgIpc) is 2.05. The zero-order valence-corrected chi connectivity index (χ0v) is 6.46. The smallest absolute Gasteiger partial charge is 0.250 e. The maximum absolute atomic E-state index is 11.9. The fourth-order valence-electron chi connectivity index (χ4n) is 0.965. The number of nitrogens with zero attached hydrogens (tertiary/aromatic N) is 1. The Kier molecular flexibility index (Phi) is 2.74. The summed E-state index contributed by atoms with van der Waals surface area (Å²) in [6, 6.07) is 1.60. The molecular formula is C8H9FN2O. The molecule has 0 atom stereocenters. The van der Waals surface area contributed by atoms with Crippen LogP contribution < -0.4 is 5.73 Å². The minimum Gasteiger partial charge on any atom is -0.366 e. The maximum atomic E-state index is 11.9. The Morgan fingerprint density at radius 1 is 1.67 bits per heavy atom. The van der Waals surface area contributed by atoms with Gasteiger partial charge in [-0.2, -0.15) is 0 Å². The number of nitrogens with two attached hydrogens (primary N) is 1. The van der Waals surface area contributed by atoms with Crippen LogP contribution in [0.1, 0.15) is 15.9 Å². The Morgan fingerprint density at radius 2 is 2.42 bits per heavy atom. The van der Waals surface area contributed by atoms with Gasteiger partial charge in [-0.15, -0.1) is 0 Å². The summed E-state index contributed by atoms with van der Waals surface area (Å²) in [4.78, 5) is 14.5. The molecule has 0 radical (unpaired) electrons. The standard InChI is InChI=1S/C8H9FN2O/c9-3-1-6-2-4-11-5-7(6)8(10)12/h2,4-5H,1,3H2,(H2,10,12). The van der Waals surface area contributed by atoms with E-state index in [2.05, 4.69) is 4.98 Å². The Labute approximate surface area is 69.4 Å². The van der Waals surface area contributed by atoms with Crippen molar-refractivity contribution in [1.82, 2.24) is 4.98 Å². The van der Waals surface area contributed by atoms with Crippen molar-refractivity contribution < 1.29 is 9.18 Å². The average molecular weight is 168 g/mol. The predicted octanol–water partition coefficient (Wildman–Crippen LogP) is 0.693. The van der Waals surface area contributed by atoms with Gasteiger partial charge in [0.1, 0.15) is 0 Å². The molecule has 0 saturated heterocycles. The number of hydrogen-bond acceptors (Lipinski definition) is 2. The molecule has 0 bridgehead atoms. The fraction of sp³-hybridized carbons (Fsp3) is 0.250. The summed E-state index contributed by atoms with van der Waals surface area (Å²) in [6.07, 6.45) is 3.07. The van der Waals surface area contributed by atoms with E-state index in [1.807, 2.05) is 0 Å². The fourth-order valence-corrected chi connectivity index (χ4v) is 0.965. The highest BCUT2D eigenvalue weighted by Crippen LogP contribution is 2.06. The first-order valence-electron chi connectivity index (χ1n) is 3.54. The van der Waals surface area contributed by atoms with Crippen molar-refractivity contribution in [2.24, 2.45) is 5.73 Å². The predicted molar refractivity (Wildman–Crippen MR) is 42.4 cm³/mol. The number of alkyl halides is 1. The molecule has 0 spiro atoms. The van der Waals surface area contributed by atoms with Crippen molar-refractivity contribution in [2.45, 2.75) is 6.42 Å². The van der Waals surface area contributed by atoms with Crippen LogP contribution in [0.3, 0.4) is 0 Å². The summed E-state index contributed by atoms with van der Waals surface area (Å²) >= 11 is 0. The first-order valence-corrected chi connectivity index (χ1v) is 3.54. The molecule has 1 rings (SSSR count). The zero-order valence-electron chi connectivity index (χ0n) is 6.46. The van der Waals surface area contributed by atoms with E-state index in [4.69, 9.17) is 5.73 Å². The maximum Gasteiger partial charge on any atom is 0.250 e. The van der Waals surface area contributed by atoms with Crippen molar-refractivity contribution in [3.05, 3.63) is 29.6 Å². The molecule has 3 nitrogen and oxygen atoms in total. The Morgan fingerprint density at radius 3 is 3.00 bits per heavy atom. The Balaban J connectivity index is 3.00. The highest BCUT2D eigenvalue weighted by atomic mass is 19.1. The number of amides is 1. The third kappa shape index (κ3) is 1.78. The van der Waals surface area contributed by atoms with Gasteiger partial charge in [0.15, 0.2) is 0 Å². The topological polar surface area (TPSA) is 56.0 Å². The lowest BCUT2D eigenvalue weighted by Gasteiger charge is -2.01. The van der Waals surface area contributed by atoms with E-state index >= 15 is 0 Å². The highest BCUT2D eigenvalue weighted by molar-refractivity contribution is 5.93. The summed E-state index contributed by atoms with van der Waals surface area (Å²) in [6.45, 7) is -0.496. The van der Waals surface area contributed by atoms with Crippen LogP contribution in [0.15, 0.2) is 18.5 Å². The van der Waals surface area contributed by atoms with E-state index < -0.39 is 12.6 Å². The summed E-state index contributed by atoms with van der Waals surface area (Å²) in [7, 11) is 0. The molecule has 1 aromatic rings. The van der Waals surface area contributed by atoms with Gasteiger partial charge in [-0.25, -0.2) is 0 Å². The number of rotatable bonds is 3. The summed E-state index contributed by atoms with van der Waals surface area (Å²) in [5, 5.41) is 0. The molecular weight excluding hydrogens is 159 g/mol. The van der Waals surface area contributed by atoms with Crippen LogP contribution in [0.4, 0.5) is 4.39 Å². The summed E-state index contributed by atoms with van der Waals surface area (Å²) in [5.41, 5.74) is 5.96. The van der Waals surface area contributed by atoms with Crippen LogP contribution in [0, 0.1) is 0 Å². The van der Waals surface area contributed by atoms with E-state index in [0.717, 1.165) is 0 Å². The van der Waals surface area contributed by atoms with Gasteiger partial charge in [0.25, 0.3) is 5.91 Å². The van der Waals surface area contributed by atoms with Crippen LogP contribution in [-0.4, -0.2) is 17.6 Å². The Hall–Kier alpha value is -1.45. The van der Waals surface area contributed by atoms with Crippen LogP contribution >= 0.6 is 0 Å². The third-order valence-electron chi connectivity index (χ3n) is 1.54. The molecule has 4 heteroatoms. The number of halogens is 1. The number of carbonyl (C=O) groups is 1. The quantitative estimate of drug-likeness (QED) is 0.722. The summed E-state index contributed by atoms with van der Waals surface area (Å²) < 4.78 is 11.9. The molecule has 0 aliphatic rings. The molecule has 12 heavy (non-hydrogen) atoms. The van der Waals surface area contributed by atoms with E-state index in [1.165, 1.54) is 12.4 Å². The van der Waals surface area contributed by atoms with Gasteiger partial charge in [-0.05, 0) is 11.6 Å². The third-order valence-corrected chi connectivity index (χ3v) is 1.54. The highest BCUT2D eigenvalue weighted by Gasteiger charge is 2.06. The zero-order chi connectivity index (χ0) is 8.97. The largest absolute Gasteiger partial charge is 0.366 e. The lowest BCUT2D eigenvalue weighted by molar-refractivity contribution is 0.0999. The van der Waals surface area contributed by atoms with Crippen molar-refractivity contribution in [2.75, 3.05) is 6.67 Å². The number of primary amides is 1. The molecule has 1 heterocycles. The second-order valence-corrected chi connectivity index (χ2v) is 2.34. The molecule has 1 aromatic heterocycles. The first kappa shape index (κ1) is 8.64. The van der Waals surface area contributed by atoms with Crippen LogP contribution in [0.25, 0.3) is 0 Å². The lowest BCUT2D eigenvalue weighted by Crippen LogP contribution is -2.14. The first-order chi connectivity index (χ1) is 5.75. The number of pyridine rings is 1. The number of aromatic nitrogens is 1. The van der Waals surface area contributed by atoms with E-state index in [1.54, 1.807) is 6.07 Å². The molecule has 0 aliphatic carbocycles. The van der Waals surface area contributed by atoms with Crippen LogP contribution in [0.5, 0.6) is 0 Å². The molecule has 0 aromatic carbocycles. The van der Waals surface area contributed by atoms with E-state index in [9.17, 15) is 9.18 Å². The second kappa shape index (κ2) is 3.80. The number of aryl methyl sites for hydroxylation is 1. The monoisotopic (exact) mass is 168 g/mol. The van der Waals surface area contributed by atoms with Gasteiger partial charge in [0.05, 0.1) is 12.2 Å².